The highest BCUT2D eigenvalue weighted by Gasteiger charge is 2.57. The van der Waals surface area contributed by atoms with Gasteiger partial charge in [0, 0.05) is 11.1 Å². The van der Waals surface area contributed by atoms with Crippen LogP contribution in [0, 0.1) is 18.8 Å². The Labute approximate surface area is 132 Å². The first-order valence-corrected chi connectivity index (χ1v) is 8.42. The highest BCUT2D eigenvalue weighted by molar-refractivity contribution is 5.94. The molecule has 1 aromatic carbocycles. The van der Waals surface area contributed by atoms with E-state index >= 15 is 0 Å². The van der Waals surface area contributed by atoms with Crippen molar-refractivity contribution in [2.75, 3.05) is 0 Å². The third-order valence-corrected chi connectivity index (χ3v) is 5.91. The van der Waals surface area contributed by atoms with Crippen molar-refractivity contribution < 1.29 is 9.90 Å². The molecule has 0 spiro atoms. The number of rotatable bonds is 3. The van der Waals surface area contributed by atoms with E-state index in [2.05, 4.69) is 12.2 Å². The fourth-order valence-corrected chi connectivity index (χ4v) is 5.50. The van der Waals surface area contributed by atoms with Gasteiger partial charge in [-0.2, -0.15) is 0 Å². The van der Waals surface area contributed by atoms with Crippen molar-refractivity contribution in [3.63, 3.8) is 0 Å². The van der Waals surface area contributed by atoms with Gasteiger partial charge in [-0.1, -0.05) is 12.1 Å². The molecule has 4 saturated carbocycles. The van der Waals surface area contributed by atoms with Gasteiger partial charge in [0.05, 0.1) is 5.60 Å². The third kappa shape index (κ3) is 2.36. The first-order valence-electron chi connectivity index (χ1n) is 8.42. The smallest absolute Gasteiger partial charge is 0.251 e. The maximum Gasteiger partial charge on any atom is 0.251 e. The monoisotopic (exact) mass is 298 g/mol. The van der Waals surface area contributed by atoms with E-state index in [-0.39, 0.29) is 11.4 Å². The Morgan fingerprint density at radius 3 is 2.36 bits per heavy atom. The molecule has 0 saturated heterocycles. The number of nitrogens with one attached hydrogen (secondary N) is 1. The average Bonchev–Trinajstić information content (AvgIpc) is 2.44. The van der Waals surface area contributed by atoms with E-state index in [0.29, 0.717) is 17.4 Å². The topological polar surface area (TPSA) is 49.3 Å². The summed E-state index contributed by atoms with van der Waals surface area (Å²) in [7, 11) is 0. The molecule has 4 fully saturated rings. The van der Waals surface area contributed by atoms with Gasteiger partial charge < -0.3 is 10.4 Å². The van der Waals surface area contributed by atoms with Crippen LogP contribution in [0.15, 0.2) is 24.3 Å². The van der Waals surface area contributed by atoms with Gasteiger partial charge in [-0.15, -0.1) is 0 Å². The summed E-state index contributed by atoms with van der Waals surface area (Å²) in [5, 5.41) is 14.1. The molecule has 2 unspecified atom stereocenters. The van der Waals surface area contributed by atoms with E-state index in [1.54, 1.807) is 0 Å². The zero-order chi connectivity index (χ0) is 15.4. The maximum atomic E-state index is 12.6. The quantitative estimate of drug-likeness (QED) is 0.901. The van der Waals surface area contributed by atoms with Gasteiger partial charge in [-0.05, 0) is 81.4 Å². The van der Waals surface area contributed by atoms with Crippen LogP contribution in [0.4, 0.5) is 0 Å². The first-order chi connectivity index (χ1) is 10.5. The Bertz CT molecular complexity index is 578. The van der Waals surface area contributed by atoms with Crippen LogP contribution in [-0.4, -0.2) is 22.2 Å². The van der Waals surface area contributed by atoms with Gasteiger partial charge in [-0.25, -0.2) is 0 Å². The molecule has 2 atom stereocenters. The van der Waals surface area contributed by atoms with Gasteiger partial charge in [0.15, 0.2) is 0 Å². The van der Waals surface area contributed by atoms with Gasteiger partial charge in [0.2, 0.25) is 0 Å². The highest BCUT2D eigenvalue weighted by Crippen LogP contribution is 2.57. The predicted molar refractivity (Wildman–Crippen MR) is 85.3 cm³/mol. The van der Waals surface area contributed by atoms with Crippen molar-refractivity contribution in [2.24, 2.45) is 11.8 Å². The summed E-state index contributed by atoms with van der Waals surface area (Å²) in [5.41, 5.74) is 1.14. The molecular weight excluding hydrogens is 274 g/mol. The summed E-state index contributed by atoms with van der Waals surface area (Å²) in [4.78, 5) is 12.6. The standard InChI is InChI=1S/C19H24NO2/c1-2-13-3-5-16(6-4-13)17(21)20-18-8-14-7-15(9-18)11-19(22,10-14)12-18/h3-6,14-15,22H,1-2,7-12H2,(H,20,21). The molecule has 3 nitrogen and oxygen atoms in total. The van der Waals surface area contributed by atoms with Crippen molar-refractivity contribution in [3.8, 4) is 0 Å². The average molecular weight is 298 g/mol. The lowest BCUT2D eigenvalue weighted by Crippen LogP contribution is -2.65. The Morgan fingerprint density at radius 1 is 1.18 bits per heavy atom. The predicted octanol–water partition coefficient (Wildman–Crippen LogP) is 2.88. The maximum absolute atomic E-state index is 12.6. The van der Waals surface area contributed by atoms with E-state index in [0.717, 1.165) is 44.1 Å². The van der Waals surface area contributed by atoms with Crippen LogP contribution in [0.3, 0.4) is 0 Å². The highest BCUT2D eigenvalue weighted by atomic mass is 16.3. The molecule has 4 aliphatic carbocycles. The van der Waals surface area contributed by atoms with Crippen molar-refractivity contribution >= 4 is 5.91 Å². The van der Waals surface area contributed by atoms with Crippen LogP contribution < -0.4 is 5.32 Å². The number of amides is 1. The third-order valence-electron chi connectivity index (χ3n) is 5.91. The van der Waals surface area contributed by atoms with Crippen LogP contribution in [0.5, 0.6) is 0 Å². The van der Waals surface area contributed by atoms with Gasteiger partial charge in [-0.3, -0.25) is 4.79 Å². The molecule has 1 amide bonds. The zero-order valence-corrected chi connectivity index (χ0v) is 13.0. The van der Waals surface area contributed by atoms with E-state index < -0.39 is 5.60 Å². The Kier molecular flexibility index (Phi) is 3.12. The Morgan fingerprint density at radius 2 is 1.82 bits per heavy atom. The number of hydrogen-bond acceptors (Lipinski definition) is 2. The minimum absolute atomic E-state index is 0.00108. The molecule has 3 heteroatoms. The lowest BCUT2D eigenvalue weighted by atomic mass is 9.51. The Balaban J connectivity index is 1.53. The molecule has 4 aliphatic rings. The molecule has 2 N–H and O–H groups in total. The second-order valence-electron chi connectivity index (χ2n) is 7.87. The van der Waals surface area contributed by atoms with Crippen molar-refractivity contribution in [1.82, 2.24) is 5.32 Å². The summed E-state index contributed by atoms with van der Waals surface area (Å²) in [6.45, 7) is 3.86. The Hall–Kier alpha value is -1.35. The fraction of sp³-hybridized carbons (Fsp3) is 0.579. The van der Waals surface area contributed by atoms with E-state index in [1.807, 2.05) is 24.3 Å². The van der Waals surface area contributed by atoms with Crippen molar-refractivity contribution in [3.05, 3.63) is 42.3 Å². The molecule has 0 heterocycles. The lowest BCUT2D eigenvalue weighted by molar-refractivity contribution is -0.139. The van der Waals surface area contributed by atoms with Crippen LogP contribution in [0.1, 0.15) is 54.4 Å². The van der Waals surface area contributed by atoms with Gasteiger partial charge in [0.25, 0.3) is 5.91 Å². The van der Waals surface area contributed by atoms with Crippen molar-refractivity contribution in [2.45, 2.75) is 56.1 Å². The number of aliphatic hydroxyl groups is 1. The second kappa shape index (κ2) is 4.82. The van der Waals surface area contributed by atoms with Crippen LogP contribution >= 0.6 is 0 Å². The van der Waals surface area contributed by atoms with E-state index in [9.17, 15) is 9.90 Å². The fourth-order valence-electron chi connectivity index (χ4n) is 5.50. The number of carbonyl (C=O) groups excluding carboxylic acids is 1. The molecular formula is C19H24NO2. The van der Waals surface area contributed by atoms with Gasteiger partial charge in [0.1, 0.15) is 0 Å². The normalized spacial score (nSPS) is 39.0. The zero-order valence-electron chi connectivity index (χ0n) is 13.0. The number of carbonyl (C=O) groups is 1. The van der Waals surface area contributed by atoms with Crippen LogP contribution in [-0.2, 0) is 6.42 Å². The first kappa shape index (κ1) is 14.3. The minimum Gasteiger partial charge on any atom is -0.390 e. The lowest BCUT2D eigenvalue weighted by Gasteiger charge is -2.60. The van der Waals surface area contributed by atoms with Gasteiger partial charge >= 0.3 is 0 Å². The van der Waals surface area contributed by atoms with E-state index in [4.69, 9.17) is 0 Å². The van der Waals surface area contributed by atoms with E-state index in [1.165, 1.54) is 6.42 Å². The van der Waals surface area contributed by atoms with Crippen LogP contribution in [0.25, 0.3) is 0 Å². The summed E-state index contributed by atoms with van der Waals surface area (Å²) in [6, 6.07) is 7.69. The largest absolute Gasteiger partial charge is 0.390 e. The molecule has 0 aliphatic heterocycles. The molecule has 4 bridgehead atoms. The molecule has 5 rings (SSSR count). The number of hydrogen-bond donors (Lipinski definition) is 2. The summed E-state index contributed by atoms with van der Waals surface area (Å²) in [5.74, 6) is 1.17. The molecule has 22 heavy (non-hydrogen) atoms. The minimum atomic E-state index is -0.533. The second-order valence-corrected chi connectivity index (χ2v) is 7.87. The van der Waals surface area contributed by atoms with Crippen LogP contribution in [0.2, 0.25) is 0 Å². The van der Waals surface area contributed by atoms with Crippen molar-refractivity contribution in [1.29, 1.82) is 0 Å². The molecule has 117 valence electrons. The SMILES string of the molecule is [CH2]Cc1ccc(C(=O)NC23CC4CC(CC(O)(C4)C2)C3)cc1. The molecule has 1 aromatic rings. The summed E-state index contributed by atoms with van der Waals surface area (Å²) < 4.78 is 0. The molecule has 0 aromatic heterocycles. The molecule has 1 radical (unpaired) electrons. The summed E-state index contributed by atoms with van der Waals surface area (Å²) in [6.07, 6.45) is 6.64. The summed E-state index contributed by atoms with van der Waals surface area (Å²) >= 11 is 0. The number of benzene rings is 1.